The maximum atomic E-state index is 12.3. The summed E-state index contributed by atoms with van der Waals surface area (Å²) >= 11 is 0. The lowest BCUT2D eigenvalue weighted by Crippen LogP contribution is -2.42. The van der Waals surface area contributed by atoms with Crippen LogP contribution < -0.4 is 14.8 Å². The fraction of sp³-hybridized carbons (Fsp3) is 0.316. The molecule has 0 bridgehead atoms. The minimum atomic E-state index is -0.223. The first-order valence-electron chi connectivity index (χ1n) is 8.04. The molecule has 0 aromatic heterocycles. The second kappa shape index (κ2) is 7.36. The van der Waals surface area contributed by atoms with Crippen molar-refractivity contribution in [2.45, 2.75) is 26.1 Å². The summed E-state index contributed by atoms with van der Waals surface area (Å²) in [6.07, 6.45) is 0. The number of nitrogens with zero attached hydrogens (tertiary/aromatic N) is 1. The second-order valence-electron chi connectivity index (χ2n) is 5.98. The molecule has 126 valence electrons. The van der Waals surface area contributed by atoms with Gasteiger partial charge in [0.05, 0.1) is 6.04 Å². The molecule has 3 rings (SSSR count). The van der Waals surface area contributed by atoms with Crippen LogP contribution in [0.2, 0.25) is 0 Å². The van der Waals surface area contributed by atoms with Crippen molar-refractivity contribution < 1.29 is 14.3 Å². The van der Waals surface area contributed by atoms with Gasteiger partial charge in [-0.3, -0.25) is 9.69 Å². The van der Waals surface area contributed by atoms with E-state index in [1.54, 1.807) is 0 Å². The van der Waals surface area contributed by atoms with E-state index in [0.717, 1.165) is 22.6 Å². The lowest BCUT2D eigenvalue weighted by molar-refractivity contribution is -0.125. The normalized spacial score (nSPS) is 13.8. The predicted octanol–water partition coefficient (Wildman–Crippen LogP) is 2.55. The number of benzene rings is 2. The molecule has 1 amide bonds. The largest absolute Gasteiger partial charge is 0.454 e. The molecule has 1 atom stereocenters. The van der Waals surface area contributed by atoms with E-state index in [9.17, 15) is 4.79 Å². The Balaban J connectivity index is 1.54. The average molecular weight is 326 g/mol. The van der Waals surface area contributed by atoms with E-state index in [0.29, 0.717) is 13.1 Å². The van der Waals surface area contributed by atoms with E-state index < -0.39 is 0 Å². The summed E-state index contributed by atoms with van der Waals surface area (Å²) in [6, 6.07) is 15.6. The standard InChI is InChI=1S/C19H22N2O3/c1-14(19(22)20-11-15-6-4-3-5-7-15)21(2)12-16-8-9-17-18(10-16)24-13-23-17/h3-10,14H,11-13H2,1-2H3,(H,20,22). The molecular weight excluding hydrogens is 304 g/mol. The average Bonchev–Trinajstić information content (AvgIpc) is 3.07. The Morgan fingerprint density at radius 3 is 2.67 bits per heavy atom. The van der Waals surface area contributed by atoms with E-state index in [4.69, 9.17) is 9.47 Å². The molecule has 0 saturated carbocycles. The van der Waals surface area contributed by atoms with Crippen LogP contribution in [0.25, 0.3) is 0 Å². The molecule has 0 spiro atoms. The summed E-state index contributed by atoms with van der Waals surface area (Å²) in [6.45, 7) is 3.39. The number of rotatable bonds is 6. The molecule has 1 N–H and O–H groups in total. The van der Waals surface area contributed by atoms with E-state index in [1.807, 2.05) is 67.4 Å². The maximum absolute atomic E-state index is 12.3. The van der Waals surface area contributed by atoms with Crippen molar-refractivity contribution >= 4 is 5.91 Å². The van der Waals surface area contributed by atoms with Crippen molar-refractivity contribution in [1.82, 2.24) is 10.2 Å². The van der Waals surface area contributed by atoms with Gasteiger partial charge in [0.2, 0.25) is 12.7 Å². The molecule has 5 heteroatoms. The third-order valence-corrected chi connectivity index (χ3v) is 4.22. The number of carbonyl (C=O) groups is 1. The maximum Gasteiger partial charge on any atom is 0.237 e. The van der Waals surface area contributed by atoms with Crippen LogP contribution in [0.4, 0.5) is 0 Å². The molecule has 1 unspecified atom stereocenters. The Morgan fingerprint density at radius 1 is 1.12 bits per heavy atom. The van der Waals surface area contributed by atoms with Crippen molar-refractivity contribution in [3.05, 3.63) is 59.7 Å². The number of fused-ring (bicyclic) bond motifs is 1. The minimum Gasteiger partial charge on any atom is -0.454 e. The van der Waals surface area contributed by atoms with Gasteiger partial charge in [0.25, 0.3) is 0 Å². The van der Waals surface area contributed by atoms with Gasteiger partial charge < -0.3 is 14.8 Å². The van der Waals surface area contributed by atoms with Gasteiger partial charge in [0.1, 0.15) is 0 Å². The third-order valence-electron chi connectivity index (χ3n) is 4.22. The van der Waals surface area contributed by atoms with Crippen molar-refractivity contribution in [1.29, 1.82) is 0 Å². The number of nitrogens with one attached hydrogen (secondary N) is 1. The number of hydrogen-bond acceptors (Lipinski definition) is 4. The first kappa shape index (κ1) is 16.3. The predicted molar refractivity (Wildman–Crippen MR) is 91.8 cm³/mol. The lowest BCUT2D eigenvalue weighted by Gasteiger charge is -2.24. The van der Waals surface area contributed by atoms with Crippen LogP contribution in [0.15, 0.2) is 48.5 Å². The smallest absolute Gasteiger partial charge is 0.237 e. The van der Waals surface area contributed by atoms with Crippen LogP contribution in [0.3, 0.4) is 0 Å². The van der Waals surface area contributed by atoms with Gasteiger partial charge in [-0.25, -0.2) is 0 Å². The van der Waals surface area contributed by atoms with Crippen molar-refractivity contribution in [2.75, 3.05) is 13.8 Å². The highest BCUT2D eigenvalue weighted by Gasteiger charge is 2.19. The summed E-state index contributed by atoms with van der Waals surface area (Å²) < 4.78 is 10.7. The Bertz CT molecular complexity index is 703. The zero-order valence-electron chi connectivity index (χ0n) is 14.0. The number of carbonyl (C=O) groups excluding carboxylic acids is 1. The van der Waals surface area contributed by atoms with E-state index in [2.05, 4.69) is 5.32 Å². The molecule has 1 heterocycles. The van der Waals surface area contributed by atoms with Crippen molar-refractivity contribution in [3.8, 4) is 11.5 Å². The number of amides is 1. The first-order valence-corrected chi connectivity index (χ1v) is 8.04. The molecule has 5 nitrogen and oxygen atoms in total. The van der Waals surface area contributed by atoms with Gasteiger partial charge in [0, 0.05) is 13.1 Å². The topological polar surface area (TPSA) is 50.8 Å². The number of ether oxygens (including phenoxy) is 2. The second-order valence-corrected chi connectivity index (χ2v) is 5.98. The highest BCUT2D eigenvalue weighted by molar-refractivity contribution is 5.81. The molecule has 0 aliphatic carbocycles. The summed E-state index contributed by atoms with van der Waals surface area (Å²) in [7, 11) is 1.94. The minimum absolute atomic E-state index is 0.0158. The zero-order chi connectivity index (χ0) is 16.9. The number of hydrogen-bond donors (Lipinski definition) is 1. The number of likely N-dealkylation sites (N-methyl/N-ethyl adjacent to an activating group) is 1. The molecule has 1 aliphatic heterocycles. The third kappa shape index (κ3) is 3.86. The summed E-state index contributed by atoms with van der Waals surface area (Å²) in [5.41, 5.74) is 2.18. The molecule has 0 fully saturated rings. The zero-order valence-corrected chi connectivity index (χ0v) is 14.0. The molecule has 2 aromatic rings. The molecule has 0 radical (unpaired) electrons. The van der Waals surface area contributed by atoms with Crippen LogP contribution in [-0.2, 0) is 17.9 Å². The van der Waals surface area contributed by atoms with Gasteiger partial charge in [-0.05, 0) is 37.2 Å². The fourth-order valence-corrected chi connectivity index (χ4v) is 2.60. The molecule has 0 saturated heterocycles. The van der Waals surface area contributed by atoms with E-state index >= 15 is 0 Å². The quantitative estimate of drug-likeness (QED) is 0.886. The van der Waals surface area contributed by atoms with Crippen LogP contribution in [0.1, 0.15) is 18.1 Å². The first-order chi connectivity index (χ1) is 11.6. The molecule has 1 aliphatic rings. The Hall–Kier alpha value is -2.53. The van der Waals surface area contributed by atoms with Gasteiger partial charge in [-0.2, -0.15) is 0 Å². The van der Waals surface area contributed by atoms with Gasteiger partial charge >= 0.3 is 0 Å². The van der Waals surface area contributed by atoms with Crippen LogP contribution in [0, 0.1) is 0 Å². The van der Waals surface area contributed by atoms with E-state index in [1.165, 1.54) is 0 Å². The van der Waals surface area contributed by atoms with Crippen LogP contribution >= 0.6 is 0 Å². The molecule has 2 aromatic carbocycles. The van der Waals surface area contributed by atoms with Gasteiger partial charge in [-0.15, -0.1) is 0 Å². The van der Waals surface area contributed by atoms with E-state index in [-0.39, 0.29) is 18.7 Å². The highest BCUT2D eigenvalue weighted by Crippen LogP contribution is 2.32. The Morgan fingerprint density at radius 2 is 1.88 bits per heavy atom. The van der Waals surface area contributed by atoms with Crippen molar-refractivity contribution in [3.63, 3.8) is 0 Å². The van der Waals surface area contributed by atoms with Gasteiger partial charge in [0.15, 0.2) is 11.5 Å². The molecular formula is C19H22N2O3. The SMILES string of the molecule is CC(C(=O)NCc1ccccc1)N(C)Cc1ccc2c(c1)OCO2. The molecule has 24 heavy (non-hydrogen) atoms. The summed E-state index contributed by atoms with van der Waals surface area (Å²) in [5.74, 6) is 1.55. The van der Waals surface area contributed by atoms with Crippen LogP contribution in [0.5, 0.6) is 11.5 Å². The monoisotopic (exact) mass is 326 g/mol. The Kier molecular flexibility index (Phi) is 5.01. The van der Waals surface area contributed by atoms with Crippen molar-refractivity contribution in [2.24, 2.45) is 0 Å². The fourth-order valence-electron chi connectivity index (χ4n) is 2.60. The summed E-state index contributed by atoms with van der Waals surface area (Å²) in [4.78, 5) is 14.3. The van der Waals surface area contributed by atoms with Crippen LogP contribution in [-0.4, -0.2) is 30.7 Å². The lowest BCUT2D eigenvalue weighted by atomic mass is 10.1. The summed E-state index contributed by atoms with van der Waals surface area (Å²) in [5, 5.41) is 2.98. The Labute approximate surface area is 142 Å². The highest BCUT2D eigenvalue weighted by atomic mass is 16.7. The van der Waals surface area contributed by atoms with Gasteiger partial charge in [-0.1, -0.05) is 36.4 Å².